The number of nitrogens with zero attached hydrogens (tertiary/aromatic N) is 2. The number of imide groups is 1. The monoisotopic (exact) mass is 361 g/mol. The molecule has 4 amide bonds. The summed E-state index contributed by atoms with van der Waals surface area (Å²) in [5.74, 6) is 1.13. The molecule has 2 atom stereocenters. The SMILES string of the molecule is O=C(CN1C(=O)NC2(CCCCCC2)C1=O)N1CC[C@@H]2CCCC[C@@H]2C1. The summed E-state index contributed by atoms with van der Waals surface area (Å²) >= 11 is 0. The van der Waals surface area contributed by atoms with Crippen molar-refractivity contribution in [2.24, 2.45) is 11.8 Å². The summed E-state index contributed by atoms with van der Waals surface area (Å²) < 4.78 is 0. The van der Waals surface area contributed by atoms with Gasteiger partial charge in [0, 0.05) is 13.1 Å². The Morgan fingerprint density at radius 1 is 0.962 bits per heavy atom. The number of hydrogen-bond donors (Lipinski definition) is 1. The van der Waals surface area contributed by atoms with Crippen molar-refractivity contribution in [3.8, 4) is 0 Å². The highest BCUT2D eigenvalue weighted by Gasteiger charge is 2.51. The molecule has 2 saturated carbocycles. The summed E-state index contributed by atoms with van der Waals surface area (Å²) in [6.07, 6.45) is 11.7. The number of nitrogens with one attached hydrogen (secondary N) is 1. The summed E-state index contributed by atoms with van der Waals surface area (Å²) in [6, 6.07) is -0.377. The van der Waals surface area contributed by atoms with E-state index in [0.29, 0.717) is 18.8 Å². The number of fused-ring (bicyclic) bond motifs is 1. The van der Waals surface area contributed by atoms with Crippen LogP contribution in [-0.4, -0.2) is 52.8 Å². The van der Waals surface area contributed by atoms with E-state index < -0.39 is 5.54 Å². The summed E-state index contributed by atoms with van der Waals surface area (Å²) in [6.45, 7) is 1.48. The van der Waals surface area contributed by atoms with E-state index in [9.17, 15) is 14.4 Å². The Morgan fingerprint density at radius 3 is 2.38 bits per heavy atom. The first-order valence-electron chi connectivity index (χ1n) is 10.5. The average molecular weight is 361 g/mol. The zero-order valence-electron chi connectivity index (χ0n) is 15.7. The molecule has 6 heteroatoms. The summed E-state index contributed by atoms with van der Waals surface area (Å²) in [7, 11) is 0. The van der Waals surface area contributed by atoms with E-state index in [0.717, 1.165) is 51.1 Å². The maximum Gasteiger partial charge on any atom is 0.325 e. The molecular weight excluding hydrogens is 330 g/mol. The van der Waals surface area contributed by atoms with Crippen molar-refractivity contribution >= 4 is 17.8 Å². The lowest BCUT2D eigenvalue weighted by Gasteiger charge is -2.41. The van der Waals surface area contributed by atoms with Gasteiger partial charge in [-0.25, -0.2) is 4.79 Å². The minimum Gasteiger partial charge on any atom is -0.341 e. The van der Waals surface area contributed by atoms with Crippen LogP contribution in [0.5, 0.6) is 0 Å². The fraction of sp³-hybridized carbons (Fsp3) is 0.850. The molecule has 2 heterocycles. The molecule has 2 saturated heterocycles. The standard InChI is InChI=1S/C20H31N3O3/c24-17(22-12-9-15-7-3-4-8-16(15)13-22)14-23-18(25)20(21-19(23)26)10-5-1-2-6-11-20/h15-16H,1-14H2,(H,21,26)/t15-,16+/m0/s1. The van der Waals surface area contributed by atoms with Gasteiger partial charge in [-0.1, -0.05) is 44.9 Å². The number of amides is 4. The highest BCUT2D eigenvalue weighted by molar-refractivity contribution is 6.09. The Morgan fingerprint density at radius 2 is 1.65 bits per heavy atom. The highest BCUT2D eigenvalue weighted by Crippen LogP contribution is 2.36. The van der Waals surface area contributed by atoms with E-state index >= 15 is 0 Å². The van der Waals surface area contributed by atoms with E-state index in [-0.39, 0.29) is 24.4 Å². The van der Waals surface area contributed by atoms with Crippen LogP contribution in [0, 0.1) is 11.8 Å². The second-order valence-electron chi connectivity index (χ2n) is 8.75. The zero-order valence-corrected chi connectivity index (χ0v) is 15.7. The Kier molecular flexibility index (Phi) is 4.93. The Labute approximate surface area is 155 Å². The van der Waals surface area contributed by atoms with E-state index in [1.165, 1.54) is 30.6 Å². The molecule has 0 aromatic heterocycles. The van der Waals surface area contributed by atoms with Gasteiger partial charge in [0.1, 0.15) is 12.1 Å². The molecule has 2 aliphatic carbocycles. The van der Waals surface area contributed by atoms with Gasteiger partial charge in [-0.2, -0.15) is 0 Å². The third-order valence-corrected chi connectivity index (χ3v) is 7.14. The van der Waals surface area contributed by atoms with Gasteiger partial charge >= 0.3 is 6.03 Å². The number of hydrogen-bond acceptors (Lipinski definition) is 3. The van der Waals surface area contributed by atoms with Gasteiger partial charge < -0.3 is 10.2 Å². The van der Waals surface area contributed by atoms with Gasteiger partial charge in [0.2, 0.25) is 5.91 Å². The molecule has 1 N–H and O–H groups in total. The Bertz CT molecular complexity index is 583. The van der Waals surface area contributed by atoms with Crippen LogP contribution < -0.4 is 5.32 Å². The third-order valence-electron chi connectivity index (χ3n) is 7.14. The third kappa shape index (κ3) is 3.23. The van der Waals surface area contributed by atoms with Crippen LogP contribution in [0.2, 0.25) is 0 Å². The van der Waals surface area contributed by atoms with Crippen molar-refractivity contribution in [1.82, 2.24) is 15.1 Å². The summed E-state index contributed by atoms with van der Waals surface area (Å²) in [4.78, 5) is 41.3. The number of carbonyl (C=O) groups is 3. The van der Waals surface area contributed by atoms with Crippen LogP contribution >= 0.6 is 0 Å². The quantitative estimate of drug-likeness (QED) is 0.769. The van der Waals surface area contributed by atoms with Crippen LogP contribution in [0.3, 0.4) is 0 Å². The molecule has 144 valence electrons. The summed E-state index contributed by atoms with van der Waals surface area (Å²) in [5, 5.41) is 2.93. The topological polar surface area (TPSA) is 69.7 Å². The first-order valence-corrected chi connectivity index (χ1v) is 10.5. The minimum absolute atomic E-state index is 0.0665. The lowest BCUT2D eigenvalue weighted by molar-refractivity contribution is -0.141. The number of carbonyl (C=O) groups excluding carboxylic acids is 3. The number of urea groups is 1. The van der Waals surface area contributed by atoms with Crippen LogP contribution in [0.25, 0.3) is 0 Å². The van der Waals surface area contributed by atoms with Crippen molar-refractivity contribution in [3.63, 3.8) is 0 Å². The van der Waals surface area contributed by atoms with Crippen molar-refractivity contribution in [2.75, 3.05) is 19.6 Å². The summed E-state index contributed by atoms with van der Waals surface area (Å²) in [5.41, 5.74) is -0.746. The molecule has 4 rings (SSSR count). The maximum absolute atomic E-state index is 13.0. The normalized spacial score (nSPS) is 31.5. The molecule has 0 aromatic carbocycles. The highest BCUT2D eigenvalue weighted by atomic mass is 16.2. The fourth-order valence-electron chi connectivity index (χ4n) is 5.55. The molecular formula is C20H31N3O3. The maximum atomic E-state index is 13.0. The number of likely N-dealkylation sites (tertiary alicyclic amines) is 1. The van der Waals surface area contributed by atoms with E-state index in [4.69, 9.17) is 0 Å². The molecule has 0 radical (unpaired) electrons. The largest absolute Gasteiger partial charge is 0.341 e. The Balaban J connectivity index is 1.39. The molecule has 6 nitrogen and oxygen atoms in total. The number of rotatable bonds is 2. The zero-order chi connectivity index (χ0) is 18.1. The first kappa shape index (κ1) is 17.8. The lowest BCUT2D eigenvalue weighted by Crippen LogP contribution is -2.50. The van der Waals surface area contributed by atoms with Gasteiger partial charge in [-0.3, -0.25) is 14.5 Å². The number of piperidine rings is 1. The first-order chi connectivity index (χ1) is 12.6. The second-order valence-corrected chi connectivity index (χ2v) is 8.75. The average Bonchev–Trinajstić information content (AvgIpc) is 2.83. The van der Waals surface area contributed by atoms with Gasteiger partial charge in [0.15, 0.2) is 0 Å². The second kappa shape index (κ2) is 7.20. The molecule has 26 heavy (non-hydrogen) atoms. The predicted octanol–water partition coefficient (Wildman–Crippen LogP) is 2.67. The van der Waals surface area contributed by atoms with E-state index in [1.807, 2.05) is 4.90 Å². The molecule has 4 aliphatic rings. The van der Waals surface area contributed by atoms with Crippen LogP contribution in [0.1, 0.15) is 70.6 Å². The fourth-order valence-corrected chi connectivity index (χ4v) is 5.55. The Hall–Kier alpha value is -1.59. The molecule has 1 spiro atoms. The van der Waals surface area contributed by atoms with Crippen molar-refractivity contribution in [1.29, 1.82) is 0 Å². The predicted molar refractivity (Wildman–Crippen MR) is 97.3 cm³/mol. The van der Waals surface area contributed by atoms with Crippen LogP contribution in [0.4, 0.5) is 4.79 Å². The van der Waals surface area contributed by atoms with Crippen molar-refractivity contribution < 1.29 is 14.4 Å². The van der Waals surface area contributed by atoms with Gasteiger partial charge in [-0.05, 0) is 37.5 Å². The smallest absolute Gasteiger partial charge is 0.325 e. The molecule has 0 unspecified atom stereocenters. The van der Waals surface area contributed by atoms with E-state index in [1.54, 1.807) is 0 Å². The van der Waals surface area contributed by atoms with Crippen molar-refractivity contribution in [2.45, 2.75) is 76.2 Å². The molecule has 2 aliphatic heterocycles. The van der Waals surface area contributed by atoms with Gasteiger partial charge in [0.25, 0.3) is 5.91 Å². The minimum atomic E-state index is -0.746. The van der Waals surface area contributed by atoms with Gasteiger partial charge in [0.05, 0.1) is 0 Å². The van der Waals surface area contributed by atoms with Crippen LogP contribution in [-0.2, 0) is 9.59 Å². The molecule has 0 bridgehead atoms. The molecule has 0 aromatic rings. The van der Waals surface area contributed by atoms with Gasteiger partial charge in [-0.15, -0.1) is 0 Å². The van der Waals surface area contributed by atoms with E-state index in [2.05, 4.69) is 5.32 Å². The van der Waals surface area contributed by atoms with Crippen molar-refractivity contribution in [3.05, 3.63) is 0 Å². The molecule has 4 fully saturated rings. The van der Waals surface area contributed by atoms with Crippen LogP contribution in [0.15, 0.2) is 0 Å². The lowest BCUT2D eigenvalue weighted by atomic mass is 9.75.